The average molecular weight is 355 g/mol. The minimum atomic E-state index is -0.298. The fourth-order valence-electron chi connectivity index (χ4n) is 3.43. The van der Waals surface area contributed by atoms with Gasteiger partial charge in [-0.15, -0.1) is 0 Å². The van der Waals surface area contributed by atoms with Crippen molar-refractivity contribution in [1.29, 1.82) is 0 Å². The molecule has 0 unspecified atom stereocenters. The van der Waals surface area contributed by atoms with Gasteiger partial charge in [0.2, 0.25) is 6.41 Å². The predicted molar refractivity (Wildman–Crippen MR) is 93.1 cm³/mol. The number of H-pyrrole nitrogens is 1. The molecule has 0 aliphatic carbocycles. The molecule has 1 aliphatic heterocycles. The highest BCUT2D eigenvalue weighted by Gasteiger charge is 2.26. The summed E-state index contributed by atoms with van der Waals surface area (Å²) in [6, 6.07) is 3.42. The van der Waals surface area contributed by atoms with Crippen molar-refractivity contribution < 1.29 is 9.18 Å². The Hall–Kier alpha value is -3.16. The standard InChI is InChI=1S/C18H18FN5O2/c1-11-7-13(8-12(2)16(11)19)24-17(23-6-4-20-18(23)26)14-9-22(10-25)5-3-15(14)21-24/h4,6-8,10H,3,5,9H2,1-2H3,(H,20,26). The molecule has 2 aromatic heterocycles. The highest BCUT2D eigenvalue weighted by Crippen LogP contribution is 2.28. The number of aryl methyl sites for hydroxylation is 2. The number of halogens is 1. The van der Waals surface area contributed by atoms with E-state index in [9.17, 15) is 14.0 Å². The number of amides is 1. The molecule has 0 fully saturated rings. The molecule has 3 heterocycles. The van der Waals surface area contributed by atoms with Gasteiger partial charge in [-0.1, -0.05) is 0 Å². The molecule has 1 aliphatic rings. The first kappa shape index (κ1) is 16.3. The number of carbonyl (C=O) groups excluding carboxylic acids is 1. The largest absolute Gasteiger partial charge is 0.340 e. The summed E-state index contributed by atoms with van der Waals surface area (Å²) in [6.45, 7) is 4.36. The molecule has 7 nitrogen and oxygen atoms in total. The van der Waals surface area contributed by atoms with Crippen LogP contribution in [0.5, 0.6) is 0 Å². The normalized spacial score (nSPS) is 13.7. The second-order valence-electron chi connectivity index (χ2n) is 6.52. The Balaban J connectivity index is 1.99. The number of hydrogen-bond acceptors (Lipinski definition) is 3. The van der Waals surface area contributed by atoms with Crippen molar-refractivity contribution in [2.45, 2.75) is 26.8 Å². The Labute approximate surface area is 148 Å². The number of hydrogen-bond donors (Lipinski definition) is 1. The molecule has 0 saturated carbocycles. The molecule has 26 heavy (non-hydrogen) atoms. The van der Waals surface area contributed by atoms with E-state index in [1.165, 1.54) is 4.57 Å². The highest BCUT2D eigenvalue weighted by molar-refractivity contribution is 5.53. The number of carbonyl (C=O) groups is 1. The third kappa shape index (κ3) is 2.45. The van der Waals surface area contributed by atoms with Gasteiger partial charge in [0.05, 0.1) is 17.9 Å². The van der Waals surface area contributed by atoms with E-state index in [4.69, 9.17) is 0 Å². The Morgan fingerprint density at radius 3 is 2.62 bits per heavy atom. The molecule has 0 saturated heterocycles. The summed E-state index contributed by atoms with van der Waals surface area (Å²) in [5, 5.41) is 4.68. The Morgan fingerprint density at radius 2 is 2.00 bits per heavy atom. The van der Waals surface area contributed by atoms with E-state index in [2.05, 4.69) is 10.1 Å². The summed E-state index contributed by atoms with van der Waals surface area (Å²) >= 11 is 0. The number of aromatic amines is 1. The van der Waals surface area contributed by atoms with Gasteiger partial charge in [-0.05, 0) is 37.1 Å². The quantitative estimate of drug-likeness (QED) is 0.726. The van der Waals surface area contributed by atoms with Gasteiger partial charge in [-0.2, -0.15) is 5.10 Å². The summed E-state index contributed by atoms with van der Waals surface area (Å²) in [7, 11) is 0. The van der Waals surface area contributed by atoms with Crippen LogP contribution in [-0.4, -0.2) is 37.2 Å². The fraction of sp³-hybridized carbons (Fsp3) is 0.278. The molecule has 0 spiro atoms. The molecular formula is C18H18FN5O2. The average Bonchev–Trinajstić information content (AvgIpc) is 3.21. The molecule has 134 valence electrons. The van der Waals surface area contributed by atoms with Gasteiger partial charge in [-0.3, -0.25) is 9.36 Å². The van der Waals surface area contributed by atoms with Crippen LogP contribution in [0.4, 0.5) is 4.39 Å². The number of rotatable bonds is 3. The first-order chi connectivity index (χ1) is 12.5. The molecular weight excluding hydrogens is 337 g/mol. The fourth-order valence-corrected chi connectivity index (χ4v) is 3.43. The molecule has 1 amide bonds. The number of nitrogens with zero attached hydrogens (tertiary/aromatic N) is 4. The lowest BCUT2D eigenvalue weighted by molar-refractivity contribution is -0.118. The van der Waals surface area contributed by atoms with Gasteiger partial charge in [0, 0.05) is 30.9 Å². The van der Waals surface area contributed by atoms with Crippen molar-refractivity contribution >= 4 is 6.41 Å². The third-order valence-corrected chi connectivity index (χ3v) is 4.73. The lowest BCUT2D eigenvalue weighted by Gasteiger charge is -2.22. The highest BCUT2D eigenvalue weighted by atomic mass is 19.1. The molecule has 3 aromatic rings. The topological polar surface area (TPSA) is 75.9 Å². The molecule has 0 bridgehead atoms. The summed E-state index contributed by atoms with van der Waals surface area (Å²) in [5.74, 6) is 0.321. The maximum absolute atomic E-state index is 14.1. The van der Waals surface area contributed by atoms with Crippen molar-refractivity contribution in [1.82, 2.24) is 24.2 Å². The van der Waals surface area contributed by atoms with Gasteiger partial charge in [0.1, 0.15) is 11.6 Å². The summed E-state index contributed by atoms with van der Waals surface area (Å²) < 4.78 is 17.2. The van der Waals surface area contributed by atoms with Crippen LogP contribution in [0.1, 0.15) is 22.4 Å². The van der Waals surface area contributed by atoms with E-state index in [1.54, 1.807) is 48.0 Å². The van der Waals surface area contributed by atoms with Gasteiger partial charge in [0.25, 0.3) is 0 Å². The zero-order valence-corrected chi connectivity index (χ0v) is 14.5. The van der Waals surface area contributed by atoms with Crippen LogP contribution in [0.15, 0.2) is 29.3 Å². The van der Waals surface area contributed by atoms with Crippen molar-refractivity contribution in [2.24, 2.45) is 0 Å². The zero-order valence-electron chi connectivity index (χ0n) is 14.5. The summed E-state index contributed by atoms with van der Waals surface area (Å²) in [4.78, 5) is 27.7. The van der Waals surface area contributed by atoms with Gasteiger partial charge >= 0.3 is 5.69 Å². The smallest absolute Gasteiger partial charge is 0.331 e. The van der Waals surface area contributed by atoms with Crippen LogP contribution in [0, 0.1) is 19.7 Å². The number of nitrogens with one attached hydrogen (secondary N) is 1. The van der Waals surface area contributed by atoms with E-state index < -0.39 is 0 Å². The first-order valence-corrected chi connectivity index (χ1v) is 8.33. The molecule has 1 N–H and O–H groups in total. The van der Waals surface area contributed by atoms with Crippen LogP contribution in [0.3, 0.4) is 0 Å². The van der Waals surface area contributed by atoms with Crippen LogP contribution in [-0.2, 0) is 17.8 Å². The Bertz CT molecular complexity index is 1040. The van der Waals surface area contributed by atoms with E-state index in [0.29, 0.717) is 42.1 Å². The molecule has 4 rings (SSSR count). The van der Waals surface area contributed by atoms with E-state index in [-0.39, 0.29) is 11.5 Å². The van der Waals surface area contributed by atoms with Crippen LogP contribution < -0.4 is 5.69 Å². The van der Waals surface area contributed by atoms with Crippen molar-refractivity contribution in [3.05, 3.63) is 63.2 Å². The number of aromatic nitrogens is 4. The van der Waals surface area contributed by atoms with Crippen molar-refractivity contribution in [3.63, 3.8) is 0 Å². The number of fused-ring (bicyclic) bond motifs is 1. The second-order valence-corrected chi connectivity index (χ2v) is 6.52. The zero-order chi connectivity index (χ0) is 18.4. The van der Waals surface area contributed by atoms with Crippen LogP contribution >= 0.6 is 0 Å². The van der Waals surface area contributed by atoms with Gasteiger partial charge in [0.15, 0.2) is 0 Å². The SMILES string of the molecule is Cc1cc(-n2nc3c(c2-n2cc[nH]c2=O)CN(C=O)CC3)cc(C)c1F. The first-order valence-electron chi connectivity index (χ1n) is 8.33. The maximum Gasteiger partial charge on any atom is 0.331 e. The number of imidazole rings is 1. The monoisotopic (exact) mass is 355 g/mol. The minimum absolute atomic E-state index is 0.252. The van der Waals surface area contributed by atoms with Gasteiger partial charge < -0.3 is 9.88 Å². The molecule has 0 atom stereocenters. The molecule has 8 heteroatoms. The lowest BCUT2D eigenvalue weighted by atomic mass is 10.1. The number of benzene rings is 1. The van der Waals surface area contributed by atoms with E-state index >= 15 is 0 Å². The lowest BCUT2D eigenvalue weighted by Crippen LogP contribution is -2.30. The third-order valence-electron chi connectivity index (χ3n) is 4.73. The predicted octanol–water partition coefficient (Wildman–Crippen LogP) is 1.62. The van der Waals surface area contributed by atoms with Crippen molar-refractivity contribution in [2.75, 3.05) is 6.54 Å². The summed E-state index contributed by atoms with van der Waals surface area (Å²) in [5.41, 5.74) is 3.06. The van der Waals surface area contributed by atoms with E-state index in [0.717, 1.165) is 17.7 Å². The molecule has 1 aromatic carbocycles. The Morgan fingerprint density at radius 1 is 1.27 bits per heavy atom. The maximum atomic E-state index is 14.1. The second kappa shape index (κ2) is 5.98. The van der Waals surface area contributed by atoms with Crippen LogP contribution in [0.2, 0.25) is 0 Å². The van der Waals surface area contributed by atoms with Crippen molar-refractivity contribution in [3.8, 4) is 11.5 Å². The van der Waals surface area contributed by atoms with E-state index in [1.807, 2.05) is 0 Å². The molecule has 0 radical (unpaired) electrons. The minimum Gasteiger partial charge on any atom is -0.340 e. The van der Waals surface area contributed by atoms with Gasteiger partial charge in [-0.25, -0.2) is 13.9 Å². The summed E-state index contributed by atoms with van der Waals surface area (Å²) in [6.07, 6.45) is 4.58. The van der Waals surface area contributed by atoms with Crippen LogP contribution in [0.25, 0.3) is 11.5 Å². The Kier molecular flexibility index (Phi) is 3.75.